The highest BCUT2D eigenvalue weighted by Gasteiger charge is 2.53. The van der Waals surface area contributed by atoms with Gasteiger partial charge in [-0.15, -0.1) is 0 Å². The number of benzene rings is 1. The molecule has 1 aromatic carbocycles. The minimum Gasteiger partial charge on any atom is -0.352 e. The number of rotatable bonds is 5. The topological polar surface area (TPSA) is 62.3 Å². The SMILES string of the molecule is O=C(NCc1cccnc1)C1CCN(C(=O)C2(c3ccc(F)cc3)CC2)CC1. The van der Waals surface area contributed by atoms with Crippen molar-refractivity contribution in [3.63, 3.8) is 0 Å². The van der Waals surface area contributed by atoms with Crippen LogP contribution in [-0.2, 0) is 21.5 Å². The smallest absolute Gasteiger partial charge is 0.233 e. The zero-order valence-corrected chi connectivity index (χ0v) is 15.7. The van der Waals surface area contributed by atoms with Crippen LogP contribution in [0.1, 0.15) is 36.8 Å². The summed E-state index contributed by atoms with van der Waals surface area (Å²) in [4.78, 5) is 31.4. The number of amides is 2. The van der Waals surface area contributed by atoms with Gasteiger partial charge >= 0.3 is 0 Å². The second-order valence-electron chi connectivity index (χ2n) is 7.73. The van der Waals surface area contributed by atoms with E-state index in [1.165, 1.54) is 12.1 Å². The third-order valence-corrected chi connectivity index (χ3v) is 5.90. The summed E-state index contributed by atoms with van der Waals surface area (Å²) < 4.78 is 13.2. The van der Waals surface area contributed by atoms with Crippen molar-refractivity contribution in [2.45, 2.75) is 37.6 Å². The first-order valence-electron chi connectivity index (χ1n) is 9.80. The molecule has 0 atom stereocenters. The van der Waals surface area contributed by atoms with Crippen molar-refractivity contribution in [1.29, 1.82) is 0 Å². The van der Waals surface area contributed by atoms with Gasteiger partial charge in [0.25, 0.3) is 0 Å². The average molecular weight is 381 g/mol. The third-order valence-electron chi connectivity index (χ3n) is 5.90. The van der Waals surface area contributed by atoms with Crippen molar-refractivity contribution in [3.8, 4) is 0 Å². The Morgan fingerprint density at radius 2 is 1.86 bits per heavy atom. The maximum Gasteiger partial charge on any atom is 0.233 e. The van der Waals surface area contributed by atoms with Crippen LogP contribution >= 0.6 is 0 Å². The van der Waals surface area contributed by atoms with Gasteiger partial charge in [0.1, 0.15) is 5.82 Å². The molecule has 0 unspecified atom stereocenters. The van der Waals surface area contributed by atoms with Crippen molar-refractivity contribution in [2.24, 2.45) is 5.92 Å². The Labute approximate surface area is 164 Å². The van der Waals surface area contributed by atoms with Gasteiger partial charge in [-0.1, -0.05) is 18.2 Å². The molecule has 28 heavy (non-hydrogen) atoms. The fraction of sp³-hybridized carbons (Fsp3) is 0.409. The molecule has 2 amide bonds. The first-order chi connectivity index (χ1) is 13.6. The molecule has 1 saturated carbocycles. The Morgan fingerprint density at radius 3 is 2.46 bits per heavy atom. The number of hydrogen-bond acceptors (Lipinski definition) is 3. The maximum absolute atomic E-state index is 13.2. The Bertz CT molecular complexity index is 842. The molecule has 2 aromatic rings. The van der Waals surface area contributed by atoms with E-state index in [0.717, 1.165) is 24.0 Å². The van der Waals surface area contributed by atoms with E-state index in [2.05, 4.69) is 10.3 Å². The summed E-state index contributed by atoms with van der Waals surface area (Å²) in [6.07, 6.45) is 6.41. The van der Waals surface area contributed by atoms with Crippen molar-refractivity contribution >= 4 is 11.8 Å². The van der Waals surface area contributed by atoms with Crippen molar-refractivity contribution in [2.75, 3.05) is 13.1 Å². The molecule has 4 rings (SSSR count). The summed E-state index contributed by atoms with van der Waals surface area (Å²) in [5.41, 5.74) is 1.39. The number of piperidine rings is 1. The molecule has 0 spiro atoms. The molecule has 2 fully saturated rings. The number of aromatic nitrogens is 1. The van der Waals surface area contributed by atoms with Crippen LogP contribution < -0.4 is 5.32 Å². The van der Waals surface area contributed by atoms with Gasteiger partial charge in [-0.05, 0) is 55.0 Å². The molecular formula is C22H24FN3O2. The van der Waals surface area contributed by atoms with Crippen molar-refractivity contribution in [1.82, 2.24) is 15.2 Å². The molecule has 146 valence electrons. The maximum atomic E-state index is 13.2. The fourth-order valence-electron chi connectivity index (χ4n) is 4.00. The van der Waals surface area contributed by atoms with Crippen LogP contribution in [0.25, 0.3) is 0 Å². The van der Waals surface area contributed by atoms with Gasteiger partial charge in [0.2, 0.25) is 11.8 Å². The Balaban J connectivity index is 1.31. The molecule has 0 bridgehead atoms. The van der Waals surface area contributed by atoms with Gasteiger partial charge in [-0.3, -0.25) is 14.6 Å². The predicted octanol–water partition coefficient (Wildman–Crippen LogP) is 2.81. The molecule has 1 saturated heterocycles. The molecule has 1 aromatic heterocycles. The van der Waals surface area contributed by atoms with Crippen molar-refractivity contribution in [3.05, 3.63) is 65.7 Å². The fourth-order valence-corrected chi connectivity index (χ4v) is 4.00. The first kappa shape index (κ1) is 18.6. The van der Waals surface area contributed by atoms with Gasteiger partial charge in [0.15, 0.2) is 0 Å². The van der Waals surface area contributed by atoms with Crippen LogP contribution in [-0.4, -0.2) is 34.8 Å². The second kappa shape index (κ2) is 7.70. The minimum atomic E-state index is -0.483. The molecule has 6 heteroatoms. The molecule has 1 aliphatic heterocycles. The van der Waals surface area contributed by atoms with E-state index in [4.69, 9.17) is 0 Å². The van der Waals surface area contributed by atoms with Gasteiger partial charge in [-0.2, -0.15) is 0 Å². The van der Waals surface area contributed by atoms with E-state index in [1.807, 2.05) is 17.0 Å². The van der Waals surface area contributed by atoms with E-state index in [1.54, 1.807) is 24.5 Å². The molecule has 1 N–H and O–H groups in total. The molecule has 5 nitrogen and oxygen atoms in total. The van der Waals surface area contributed by atoms with E-state index < -0.39 is 5.41 Å². The monoisotopic (exact) mass is 381 g/mol. The lowest BCUT2D eigenvalue weighted by Crippen LogP contribution is -2.46. The molecular weight excluding hydrogens is 357 g/mol. The van der Waals surface area contributed by atoms with Crippen LogP contribution in [0.5, 0.6) is 0 Å². The van der Waals surface area contributed by atoms with Crippen LogP contribution in [0.4, 0.5) is 4.39 Å². The summed E-state index contributed by atoms with van der Waals surface area (Å²) >= 11 is 0. The number of halogens is 1. The Kier molecular flexibility index (Phi) is 5.11. The zero-order chi connectivity index (χ0) is 19.6. The molecule has 2 aliphatic rings. The molecule has 0 radical (unpaired) electrons. The van der Waals surface area contributed by atoms with Crippen LogP contribution in [0.3, 0.4) is 0 Å². The lowest BCUT2D eigenvalue weighted by Gasteiger charge is -2.34. The second-order valence-corrected chi connectivity index (χ2v) is 7.73. The standard InChI is InChI=1S/C22H24FN3O2/c23-19-5-3-18(4-6-19)22(9-10-22)21(28)26-12-7-17(8-13-26)20(27)25-15-16-2-1-11-24-14-16/h1-6,11,14,17H,7-10,12-13,15H2,(H,25,27). The normalized spacial score (nSPS) is 18.5. The summed E-state index contributed by atoms with van der Waals surface area (Å²) in [6, 6.07) is 10.1. The lowest BCUT2D eigenvalue weighted by atomic mass is 9.91. The number of carbonyl (C=O) groups is 2. The van der Waals surface area contributed by atoms with Gasteiger partial charge in [0, 0.05) is 37.9 Å². The lowest BCUT2D eigenvalue weighted by molar-refractivity contribution is -0.137. The highest BCUT2D eigenvalue weighted by Crippen LogP contribution is 2.50. The summed E-state index contributed by atoms with van der Waals surface area (Å²) in [7, 11) is 0. The molecule has 2 heterocycles. The number of carbonyl (C=O) groups excluding carboxylic acids is 2. The van der Waals surface area contributed by atoms with Gasteiger partial charge in [0.05, 0.1) is 5.41 Å². The van der Waals surface area contributed by atoms with Crippen molar-refractivity contribution < 1.29 is 14.0 Å². The number of nitrogens with zero attached hydrogens (tertiary/aromatic N) is 2. The predicted molar refractivity (Wildman–Crippen MR) is 103 cm³/mol. The number of likely N-dealkylation sites (tertiary alicyclic amines) is 1. The van der Waals surface area contributed by atoms with E-state index in [0.29, 0.717) is 32.5 Å². The van der Waals surface area contributed by atoms with Gasteiger partial charge in [-0.25, -0.2) is 4.39 Å². The van der Waals surface area contributed by atoms with Crippen LogP contribution in [0.2, 0.25) is 0 Å². The van der Waals surface area contributed by atoms with Gasteiger partial charge < -0.3 is 10.2 Å². The van der Waals surface area contributed by atoms with Crippen LogP contribution in [0.15, 0.2) is 48.8 Å². The molecule has 1 aliphatic carbocycles. The number of nitrogens with one attached hydrogen (secondary N) is 1. The summed E-state index contributed by atoms with van der Waals surface area (Å²) in [5.74, 6) is -0.198. The first-order valence-corrected chi connectivity index (χ1v) is 9.80. The zero-order valence-electron chi connectivity index (χ0n) is 15.7. The third kappa shape index (κ3) is 3.77. The minimum absolute atomic E-state index is 0.0376. The van der Waals surface area contributed by atoms with E-state index in [-0.39, 0.29) is 23.5 Å². The highest BCUT2D eigenvalue weighted by atomic mass is 19.1. The Hall–Kier alpha value is -2.76. The quantitative estimate of drug-likeness (QED) is 0.866. The number of pyridine rings is 1. The summed E-state index contributed by atoms with van der Waals surface area (Å²) in [5, 5.41) is 2.97. The summed E-state index contributed by atoms with van der Waals surface area (Å²) in [6.45, 7) is 1.65. The van der Waals surface area contributed by atoms with E-state index in [9.17, 15) is 14.0 Å². The number of hydrogen-bond donors (Lipinski definition) is 1. The van der Waals surface area contributed by atoms with E-state index >= 15 is 0 Å². The Morgan fingerprint density at radius 1 is 1.14 bits per heavy atom. The van der Waals surface area contributed by atoms with Crippen LogP contribution in [0, 0.1) is 11.7 Å². The highest BCUT2D eigenvalue weighted by molar-refractivity contribution is 5.91. The largest absolute Gasteiger partial charge is 0.352 e. The average Bonchev–Trinajstić information content (AvgIpc) is 3.55.